The Kier molecular flexibility index (Phi) is 6.17. The molecule has 0 aliphatic heterocycles. The van der Waals surface area contributed by atoms with Crippen molar-refractivity contribution < 1.29 is 0 Å². The van der Waals surface area contributed by atoms with E-state index in [4.69, 9.17) is 5.73 Å². The molecular formula is C14H23BrN2. The predicted molar refractivity (Wildman–Crippen MR) is 78.0 cm³/mol. The Morgan fingerprint density at radius 3 is 2.65 bits per heavy atom. The molecule has 17 heavy (non-hydrogen) atoms. The number of rotatable bonds is 6. The Bertz CT molecular complexity index is 339. The van der Waals surface area contributed by atoms with E-state index >= 15 is 0 Å². The molecule has 1 aromatic carbocycles. The van der Waals surface area contributed by atoms with E-state index in [9.17, 15) is 0 Å². The number of nitrogens with zero attached hydrogens (tertiary/aromatic N) is 1. The van der Waals surface area contributed by atoms with E-state index in [-0.39, 0.29) is 6.04 Å². The molecule has 0 heterocycles. The molecule has 0 fully saturated rings. The van der Waals surface area contributed by atoms with Crippen LogP contribution in [0.25, 0.3) is 0 Å². The van der Waals surface area contributed by atoms with Gasteiger partial charge in [-0.15, -0.1) is 0 Å². The van der Waals surface area contributed by atoms with Crippen molar-refractivity contribution in [1.82, 2.24) is 4.90 Å². The van der Waals surface area contributed by atoms with Crippen molar-refractivity contribution in [1.29, 1.82) is 0 Å². The first-order valence-electron chi connectivity index (χ1n) is 6.18. The average Bonchev–Trinajstić information content (AvgIpc) is 2.25. The summed E-state index contributed by atoms with van der Waals surface area (Å²) in [7, 11) is 2.16. The first kappa shape index (κ1) is 14.7. The van der Waals surface area contributed by atoms with E-state index < -0.39 is 0 Å². The standard InChI is InChI=1S/C14H23BrN2/c1-11(2)10-17(3)8-7-14(16)12-5-4-6-13(15)9-12/h4-6,9,11,14H,7-8,10,16H2,1-3H3. The van der Waals surface area contributed by atoms with Gasteiger partial charge in [0.25, 0.3) is 0 Å². The first-order chi connectivity index (χ1) is 7.99. The molecule has 1 aromatic rings. The molecule has 1 rings (SSSR count). The van der Waals surface area contributed by atoms with Crippen molar-refractivity contribution in [2.45, 2.75) is 26.3 Å². The highest BCUT2D eigenvalue weighted by Crippen LogP contribution is 2.19. The largest absolute Gasteiger partial charge is 0.324 e. The van der Waals surface area contributed by atoms with Gasteiger partial charge in [0.05, 0.1) is 0 Å². The fourth-order valence-electron chi connectivity index (χ4n) is 1.98. The maximum absolute atomic E-state index is 6.20. The Hall–Kier alpha value is -0.380. The van der Waals surface area contributed by atoms with Gasteiger partial charge in [-0.3, -0.25) is 0 Å². The molecule has 0 aromatic heterocycles. The van der Waals surface area contributed by atoms with Gasteiger partial charge in [0.2, 0.25) is 0 Å². The molecule has 0 bridgehead atoms. The van der Waals surface area contributed by atoms with Crippen LogP contribution in [0.15, 0.2) is 28.7 Å². The van der Waals surface area contributed by atoms with Crippen LogP contribution in [0.5, 0.6) is 0 Å². The molecule has 0 spiro atoms. The van der Waals surface area contributed by atoms with Crippen LogP contribution in [-0.4, -0.2) is 25.0 Å². The first-order valence-corrected chi connectivity index (χ1v) is 6.98. The molecule has 1 atom stereocenters. The van der Waals surface area contributed by atoms with Crippen molar-refractivity contribution in [2.24, 2.45) is 11.7 Å². The Balaban J connectivity index is 2.42. The van der Waals surface area contributed by atoms with Crippen molar-refractivity contribution in [3.63, 3.8) is 0 Å². The smallest absolute Gasteiger partial charge is 0.0307 e. The third-order valence-electron chi connectivity index (χ3n) is 2.78. The van der Waals surface area contributed by atoms with E-state index in [0.717, 1.165) is 24.0 Å². The van der Waals surface area contributed by atoms with E-state index in [0.29, 0.717) is 5.92 Å². The minimum absolute atomic E-state index is 0.127. The van der Waals surface area contributed by atoms with Crippen LogP contribution in [0.1, 0.15) is 31.9 Å². The third kappa shape index (κ3) is 5.66. The van der Waals surface area contributed by atoms with Crippen LogP contribution in [0.2, 0.25) is 0 Å². The van der Waals surface area contributed by atoms with E-state index in [1.54, 1.807) is 0 Å². The third-order valence-corrected chi connectivity index (χ3v) is 3.27. The fraction of sp³-hybridized carbons (Fsp3) is 0.571. The van der Waals surface area contributed by atoms with Crippen LogP contribution in [0.4, 0.5) is 0 Å². The SMILES string of the molecule is CC(C)CN(C)CCC(N)c1cccc(Br)c1. The summed E-state index contributed by atoms with van der Waals surface area (Å²) in [6.07, 6.45) is 1.000. The van der Waals surface area contributed by atoms with Crippen molar-refractivity contribution in [2.75, 3.05) is 20.1 Å². The molecule has 0 aliphatic carbocycles. The highest BCUT2D eigenvalue weighted by Gasteiger charge is 2.08. The highest BCUT2D eigenvalue weighted by atomic mass is 79.9. The Labute approximate surface area is 113 Å². The molecule has 3 heteroatoms. The van der Waals surface area contributed by atoms with Crippen LogP contribution >= 0.6 is 15.9 Å². The van der Waals surface area contributed by atoms with Crippen molar-refractivity contribution >= 4 is 15.9 Å². The van der Waals surface area contributed by atoms with Crippen LogP contribution in [0, 0.1) is 5.92 Å². The molecule has 0 radical (unpaired) electrons. The normalized spacial score (nSPS) is 13.4. The predicted octanol–water partition coefficient (Wildman–Crippen LogP) is 3.43. The summed E-state index contributed by atoms with van der Waals surface area (Å²) in [5.41, 5.74) is 7.40. The monoisotopic (exact) mass is 298 g/mol. The maximum Gasteiger partial charge on any atom is 0.0307 e. The van der Waals surface area contributed by atoms with Gasteiger partial charge in [0.1, 0.15) is 0 Å². The number of nitrogens with two attached hydrogens (primary N) is 1. The minimum Gasteiger partial charge on any atom is -0.324 e. The Morgan fingerprint density at radius 2 is 2.06 bits per heavy atom. The second kappa shape index (κ2) is 7.14. The van der Waals surface area contributed by atoms with E-state index in [1.165, 1.54) is 5.56 Å². The van der Waals surface area contributed by atoms with Crippen molar-refractivity contribution in [3.8, 4) is 0 Å². The molecule has 0 saturated heterocycles. The van der Waals surface area contributed by atoms with Crippen LogP contribution in [0.3, 0.4) is 0 Å². The second-order valence-corrected chi connectivity index (χ2v) is 6.02. The van der Waals surface area contributed by atoms with Gasteiger partial charge in [-0.1, -0.05) is 41.9 Å². The van der Waals surface area contributed by atoms with Gasteiger partial charge < -0.3 is 10.6 Å². The molecule has 0 saturated carbocycles. The summed E-state index contributed by atoms with van der Waals surface area (Å²) in [5.74, 6) is 0.710. The van der Waals surface area contributed by atoms with Gasteiger partial charge >= 0.3 is 0 Å². The van der Waals surface area contributed by atoms with Gasteiger partial charge in [-0.25, -0.2) is 0 Å². The summed E-state index contributed by atoms with van der Waals surface area (Å²) in [4.78, 5) is 2.35. The zero-order chi connectivity index (χ0) is 12.8. The highest BCUT2D eigenvalue weighted by molar-refractivity contribution is 9.10. The lowest BCUT2D eigenvalue weighted by atomic mass is 10.0. The molecule has 2 nitrogen and oxygen atoms in total. The second-order valence-electron chi connectivity index (χ2n) is 5.11. The molecular weight excluding hydrogens is 276 g/mol. The fourth-order valence-corrected chi connectivity index (χ4v) is 2.39. The molecule has 1 unspecified atom stereocenters. The van der Waals surface area contributed by atoms with Gasteiger partial charge in [-0.2, -0.15) is 0 Å². The lowest BCUT2D eigenvalue weighted by molar-refractivity contribution is 0.284. The van der Waals surface area contributed by atoms with Gasteiger partial charge in [0.15, 0.2) is 0 Å². The van der Waals surface area contributed by atoms with Crippen LogP contribution in [-0.2, 0) is 0 Å². The van der Waals surface area contributed by atoms with E-state index in [1.807, 2.05) is 12.1 Å². The summed E-state index contributed by atoms with van der Waals surface area (Å²) in [6.45, 7) is 6.66. The average molecular weight is 299 g/mol. The maximum atomic E-state index is 6.20. The summed E-state index contributed by atoms with van der Waals surface area (Å²) >= 11 is 3.48. The van der Waals surface area contributed by atoms with Gasteiger partial charge in [-0.05, 0) is 43.6 Å². The number of benzene rings is 1. The molecule has 0 amide bonds. The lowest BCUT2D eigenvalue weighted by Crippen LogP contribution is -2.27. The lowest BCUT2D eigenvalue weighted by Gasteiger charge is -2.21. The summed E-state index contributed by atoms with van der Waals surface area (Å²) in [6, 6.07) is 8.39. The molecule has 2 N–H and O–H groups in total. The van der Waals surface area contributed by atoms with Crippen molar-refractivity contribution in [3.05, 3.63) is 34.3 Å². The zero-order valence-corrected chi connectivity index (χ0v) is 12.6. The molecule has 0 aliphatic rings. The van der Waals surface area contributed by atoms with E-state index in [2.05, 4.69) is 53.9 Å². The minimum atomic E-state index is 0.127. The number of hydrogen-bond acceptors (Lipinski definition) is 2. The topological polar surface area (TPSA) is 29.3 Å². The number of halogens is 1. The quantitative estimate of drug-likeness (QED) is 0.872. The Morgan fingerprint density at radius 1 is 1.35 bits per heavy atom. The van der Waals surface area contributed by atoms with Crippen LogP contribution < -0.4 is 5.73 Å². The molecule has 96 valence electrons. The number of hydrogen-bond donors (Lipinski definition) is 1. The van der Waals surface area contributed by atoms with Gasteiger partial charge in [0, 0.05) is 17.1 Å². The summed E-state index contributed by atoms with van der Waals surface area (Å²) in [5, 5.41) is 0. The zero-order valence-electron chi connectivity index (χ0n) is 11.0. The summed E-state index contributed by atoms with van der Waals surface area (Å²) < 4.78 is 1.10.